The summed E-state index contributed by atoms with van der Waals surface area (Å²) in [5.41, 5.74) is 0. The molecule has 4 nitrogen and oxygen atoms in total. The van der Waals surface area contributed by atoms with E-state index >= 15 is 0 Å². The van der Waals surface area contributed by atoms with Gasteiger partial charge in [0.2, 0.25) is 5.91 Å². The number of hydrogen-bond donors (Lipinski definition) is 0. The molecule has 0 aromatic carbocycles. The molecule has 0 saturated heterocycles. The molecule has 1 rings (SSSR count). The number of esters is 1. The Hall–Kier alpha value is -0.770. The molecule has 0 N–H and O–H groups in total. The van der Waals surface area contributed by atoms with Crippen molar-refractivity contribution in [2.45, 2.75) is 57.5 Å². The molecule has 0 spiro atoms. The molecule has 1 saturated carbocycles. The maximum atomic E-state index is 12.0. The maximum absolute atomic E-state index is 12.0. The quantitative estimate of drug-likeness (QED) is 0.449. The lowest BCUT2D eigenvalue weighted by Gasteiger charge is -2.34. The minimum absolute atomic E-state index is 0.0855. The van der Waals surface area contributed by atoms with Crippen LogP contribution >= 0.6 is 11.6 Å². The Kier molecular flexibility index (Phi) is 6.47. The van der Waals surface area contributed by atoms with Gasteiger partial charge in [0.15, 0.2) is 0 Å². The summed E-state index contributed by atoms with van der Waals surface area (Å²) in [6, 6.07) is -0.433. The summed E-state index contributed by atoms with van der Waals surface area (Å²) in [5, 5.41) is 0. The van der Waals surface area contributed by atoms with Crippen LogP contribution in [0.25, 0.3) is 0 Å². The summed E-state index contributed by atoms with van der Waals surface area (Å²) in [7, 11) is 1.34. The summed E-state index contributed by atoms with van der Waals surface area (Å²) >= 11 is 5.66. The number of ether oxygens (including phenoxy) is 1. The molecule has 0 aromatic rings. The largest absolute Gasteiger partial charge is 0.467 e. The van der Waals surface area contributed by atoms with Gasteiger partial charge in [-0.15, -0.1) is 11.6 Å². The van der Waals surface area contributed by atoms with Crippen LogP contribution in [-0.4, -0.2) is 41.8 Å². The van der Waals surface area contributed by atoms with Crippen LogP contribution in [-0.2, 0) is 14.3 Å². The molecule has 1 fully saturated rings. The van der Waals surface area contributed by atoms with E-state index in [1.807, 2.05) is 0 Å². The first-order chi connectivity index (χ1) is 8.61. The molecule has 0 radical (unpaired) electrons. The lowest BCUT2D eigenvalue weighted by Crippen LogP contribution is -2.50. The molecular formula is C13H22ClNO3. The minimum Gasteiger partial charge on any atom is -0.467 e. The average molecular weight is 276 g/mol. The summed E-state index contributed by atoms with van der Waals surface area (Å²) < 4.78 is 4.73. The van der Waals surface area contributed by atoms with E-state index in [-0.39, 0.29) is 23.8 Å². The van der Waals surface area contributed by atoms with Crippen molar-refractivity contribution in [1.29, 1.82) is 0 Å². The van der Waals surface area contributed by atoms with Crippen molar-refractivity contribution in [3.8, 4) is 0 Å². The predicted molar refractivity (Wildman–Crippen MR) is 70.5 cm³/mol. The topological polar surface area (TPSA) is 46.6 Å². The van der Waals surface area contributed by atoms with E-state index in [4.69, 9.17) is 16.3 Å². The normalized spacial score (nSPS) is 18.8. The van der Waals surface area contributed by atoms with Crippen LogP contribution < -0.4 is 0 Å². The number of carbonyl (C=O) groups is 2. The Bertz CT molecular complexity index is 288. The van der Waals surface area contributed by atoms with Gasteiger partial charge < -0.3 is 9.64 Å². The van der Waals surface area contributed by atoms with Crippen molar-refractivity contribution >= 4 is 23.5 Å². The third-order valence-corrected chi connectivity index (χ3v) is 3.81. The molecule has 0 unspecified atom stereocenters. The minimum atomic E-state index is -0.552. The zero-order valence-corrected chi connectivity index (χ0v) is 11.9. The van der Waals surface area contributed by atoms with Gasteiger partial charge in [0.05, 0.1) is 7.11 Å². The molecule has 1 aliphatic carbocycles. The van der Waals surface area contributed by atoms with Crippen LogP contribution in [0.2, 0.25) is 0 Å². The van der Waals surface area contributed by atoms with Crippen molar-refractivity contribution in [3.63, 3.8) is 0 Å². The highest BCUT2D eigenvalue weighted by molar-refractivity contribution is 6.27. The van der Waals surface area contributed by atoms with Gasteiger partial charge in [0.1, 0.15) is 11.9 Å². The van der Waals surface area contributed by atoms with E-state index in [9.17, 15) is 9.59 Å². The summed E-state index contributed by atoms with van der Waals surface area (Å²) in [4.78, 5) is 25.2. The smallest absolute Gasteiger partial charge is 0.328 e. The van der Waals surface area contributed by atoms with Gasteiger partial charge in [-0.1, -0.05) is 25.7 Å². The van der Waals surface area contributed by atoms with E-state index in [0.717, 1.165) is 25.7 Å². The Morgan fingerprint density at radius 2 is 1.83 bits per heavy atom. The van der Waals surface area contributed by atoms with E-state index in [1.165, 1.54) is 20.0 Å². The Balaban J connectivity index is 2.82. The molecule has 104 valence electrons. The SMILES string of the molecule is COC(=O)[C@H](C)N(C(=O)CCl)C1CCCCCC1. The molecule has 0 aliphatic heterocycles. The monoisotopic (exact) mass is 275 g/mol. The highest BCUT2D eigenvalue weighted by atomic mass is 35.5. The van der Waals surface area contributed by atoms with Crippen molar-refractivity contribution in [3.05, 3.63) is 0 Å². The second kappa shape index (κ2) is 7.62. The van der Waals surface area contributed by atoms with Crippen molar-refractivity contribution < 1.29 is 14.3 Å². The van der Waals surface area contributed by atoms with E-state index < -0.39 is 6.04 Å². The Morgan fingerprint density at radius 3 is 2.28 bits per heavy atom. The first-order valence-corrected chi connectivity index (χ1v) is 7.10. The molecule has 1 aliphatic rings. The summed E-state index contributed by atoms with van der Waals surface area (Å²) in [6.45, 7) is 1.71. The van der Waals surface area contributed by atoms with Crippen LogP contribution in [0.1, 0.15) is 45.4 Å². The van der Waals surface area contributed by atoms with Crippen LogP contribution in [0.5, 0.6) is 0 Å². The third-order valence-electron chi connectivity index (χ3n) is 3.58. The highest BCUT2D eigenvalue weighted by Crippen LogP contribution is 2.24. The van der Waals surface area contributed by atoms with Gasteiger partial charge in [-0.3, -0.25) is 4.79 Å². The standard InChI is InChI=1S/C13H22ClNO3/c1-10(13(17)18-2)15(12(16)9-14)11-7-5-3-4-6-8-11/h10-11H,3-9H2,1-2H3/t10-/m0/s1. The number of nitrogens with zero attached hydrogens (tertiary/aromatic N) is 1. The second-order valence-corrected chi connectivity index (χ2v) is 5.05. The van der Waals surface area contributed by atoms with Crippen molar-refractivity contribution in [1.82, 2.24) is 4.90 Å². The van der Waals surface area contributed by atoms with Crippen molar-refractivity contribution in [2.75, 3.05) is 13.0 Å². The number of alkyl halides is 1. The molecule has 0 heterocycles. The summed E-state index contributed by atoms with van der Waals surface area (Å²) in [5.74, 6) is -0.642. The lowest BCUT2D eigenvalue weighted by atomic mass is 10.0. The first-order valence-electron chi connectivity index (χ1n) is 6.56. The van der Waals surface area contributed by atoms with Gasteiger partial charge in [0.25, 0.3) is 0 Å². The van der Waals surface area contributed by atoms with Crippen molar-refractivity contribution in [2.24, 2.45) is 0 Å². The maximum Gasteiger partial charge on any atom is 0.328 e. The van der Waals surface area contributed by atoms with Crippen LogP contribution in [0, 0.1) is 0 Å². The average Bonchev–Trinajstić information content (AvgIpc) is 2.66. The van der Waals surface area contributed by atoms with Crippen LogP contribution in [0.4, 0.5) is 0 Å². The fraction of sp³-hybridized carbons (Fsp3) is 0.846. The van der Waals surface area contributed by atoms with E-state index in [0.29, 0.717) is 0 Å². The number of methoxy groups -OCH3 is 1. The zero-order valence-electron chi connectivity index (χ0n) is 11.2. The number of amides is 1. The fourth-order valence-electron chi connectivity index (χ4n) is 2.62. The number of carbonyl (C=O) groups excluding carboxylic acids is 2. The van der Waals surface area contributed by atoms with Gasteiger partial charge in [-0.25, -0.2) is 4.79 Å². The molecule has 0 bridgehead atoms. The van der Waals surface area contributed by atoms with Crippen LogP contribution in [0.3, 0.4) is 0 Å². The summed E-state index contributed by atoms with van der Waals surface area (Å²) in [6.07, 6.45) is 6.50. The first kappa shape index (κ1) is 15.3. The number of halogens is 1. The molecule has 18 heavy (non-hydrogen) atoms. The molecule has 0 aromatic heterocycles. The van der Waals surface area contributed by atoms with Gasteiger partial charge in [-0.2, -0.15) is 0 Å². The number of rotatable bonds is 4. The number of hydrogen-bond acceptors (Lipinski definition) is 3. The Morgan fingerprint density at radius 1 is 1.28 bits per heavy atom. The van der Waals surface area contributed by atoms with E-state index in [1.54, 1.807) is 11.8 Å². The predicted octanol–water partition coefficient (Wildman–Crippen LogP) is 2.34. The van der Waals surface area contributed by atoms with Gasteiger partial charge in [-0.05, 0) is 19.8 Å². The third kappa shape index (κ3) is 3.87. The van der Waals surface area contributed by atoms with Gasteiger partial charge >= 0.3 is 5.97 Å². The molecule has 5 heteroatoms. The van der Waals surface area contributed by atoms with Gasteiger partial charge in [0, 0.05) is 6.04 Å². The second-order valence-electron chi connectivity index (χ2n) is 4.78. The van der Waals surface area contributed by atoms with E-state index in [2.05, 4.69) is 0 Å². The lowest BCUT2D eigenvalue weighted by molar-refractivity contribution is -0.153. The zero-order chi connectivity index (χ0) is 13.5. The Labute approximate surface area is 114 Å². The molecular weight excluding hydrogens is 254 g/mol. The molecule has 1 amide bonds. The van der Waals surface area contributed by atoms with Crippen LogP contribution in [0.15, 0.2) is 0 Å². The highest BCUT2D eigenvalue weighted by Gasteiger charge is 2.32. The molecule has 1 atom stereocenters. The fourth-order valence-corrected chi connectivity index (χ4v) is 2.76.